The first-order valence-corrected chi connectivity index (χ1v) is 10.8. The second-order valence-electron chi connectivity index (χ2n) is 7.53. The van der Waals surface area contributed by atoms with Crippen LogP contribution < -0.4 is 11.1 Å². The highest BCUT2D eigenvalue weighted by atomic mass is 32.1. The summed E-state index contributed by atoms with van der Waals surface area (Å²) in [5, 5.41) is 1.49. The number of rotatable bonds is 3. The molecule has 3 N–H and O–H groups in total. The minimum absolute atomic E-state index is 0.0749. The quantitative estimate of drug-likeness (QED) is 0.560. The summed E-state index contributed by atoms with van der Waals surface area (Å²) in [4.78, 5) is 45.8. The maximum absolute atomic E-state index is 13.0. The Bertz CT molecular complexity index is 1240. The zero-order chi connectivity index (χ0) is 23.8. The van der Waals surface area contributed by atoms with Crippen molar-refractivity contribution in [3.05, 3.63) is 52.8 Å². The van der Waals surface area contributed by atoms with Gasteiger partial charge >= 0.3 is 18.0 Å². The van der Waals surface area contributed by atoms with E-state index in [9.17, 15) is 27.6 Å². The summed E-state index contributed by atoms with van der Waals surface area (Å²) >= 11 is 0.556. The summed E-state index contributed by atoms with van der Waals surface area (Å²) in [6.45, 7) is 0.319. The van der Waals surface area contributed by atoms with Gasteiger partial charge in [-0.3, -0.25) is 19.4 Å². The number of benzene rings is 1. The molecule has 1 saturated heterocycles. The van der Waals surface area contributed by atoms with E-state index in [-0.39, 0.29) is 16.8 Å². The molecule has 1 aliphatic rings. The van der Waals surface area contributed by atoms with Crippen LogP contribution in [0, 0.1) is 0 Å². The van der Waals surface area contributed by atoms with Crippen molar-refractivity contribution in [2.24, 2.45) is 5.73 Å². The summed E-state index contributed by atoms with van der Waals surface area (Å²) in [5.41, 5.74) is 6.23. The number of nitrogens with one attached hydrogen (secondary N) is 1. The number of nitrogens with zero attached hydrogens (tertiary/aromatic N) is 3. The van der Waals surface area contributed by atoms with Gasteiger partial charge in [-0.1, -0.05) is 6.07 Å². The van der Waals surface area contributed by atoms with E-state index in [1.165, 1.54) is 29.4 Å². The van der Waals surface area contributed by atoms with E-state index in [0.29, 0.717) is 41.0 Å². The number of primary amides is 1. The van der Waals surface area contributed by atoms with Crippen LogP contribution >= 0.6 is 11.3 Å². The minimum Gasteiger partial charge on any atom is -0.366 e. The standard InChI is InChI=1S/C21H18F3N5O3S/c22-21(23,24)20-28-14-8-11(4-5-16(14)33-20)15-3-1-2-6-29(15)19(32)18(31)27-13-7-12(17(25)30)9-26-10-13/h4-5,7-10,15H,1-3,6H2,(H2,25,30)(H,27,31)/t15-/m0/s1. The first-order chi connectivity index (χ1) is 15.6. The van der Waals surface area contributed by atoms with Crippen molar-refractivity contribution in [3.63, 3.8) is 0 Å². The monoisotopic (exact) mass is 477 g/mol. The van der Waals surface area contributed by atoms with Gasteiger partial charge in [-0.15, -0.1) is 11.3 Å². The number of thiazole rings is 1. The summed E-state index contributed by atoms with van der Waals surface area (Å²) in [7, 11) is 0. The lowest BCUT2D eigenvalue weighted by Crippen LogP contribution is -2.44. The first-order valence-electron chi connectivity index (χ1n) is 9.98. The largest absolute Gasteiger partial charge is 0.443 e. The van der Waals surface area contributed by atoms with Crippen molar-refractivity contribution < 1.29 is 27.6 Å². The molecule has 1 aliphatic heterocycles. The maximum Gasteiger partial charge on any atom is 0.443 e. The van der Waals surface area contributed by atoms with Crippen LogP contribution in [0.4, 0.5) is 18.9 Å². The number of hydrogen-bond acceptors (Lipinski definition) is 6. The van der Waals surface area contributed by atoms with Crippen LogP contribution in [0.25, 0.3) is 10.2 Å². The highest BCUT2D eigenvalue weighted by Gasteiger charge is 2.36. The summed E-state index contributed by atoms with van der Waals surface area (Å²) < 4.78 is 39.4. The van der Waals surface area contributed by atoms with E-state index in [2.05, 4.69) is 15.3 Å². The number of likely N-dealkylation sites (tertiary alicyclic amines) is 1. The number of fused-ring (bicyclic) bond motifs is 1. The molecule has 1 atom stereocenters. The summed E-state index contributed by atoms with van der Waals surface area (Å²) in [5.74, 6) is -2.44. The smallest absolute Gasteiger partial charge is 0.366 e. The van der Waals surface area contributed by atoms with E-state index in [4.69, 9.17) is 5.73 Å². The van der Waals surface area contributed by atoms with Crippen LogP contribution in [0.15, 0.2) is 36.7 Å². The average Bonchev–Trinajstić information content (AvgIpc) is 3.23. The molecule has 0 bridgehead atoms. The lowest BCUT2D eigenvalue weighted by Gasteiger charge is -2.35. The number of halogens is 3. The van der Waals surface area contributed by atoms with Crippen molar-refractivity contribution in [1.82, 2.24) is 14.9 Å². The molecule has 172 valence electrons. The van der Waals surface area contributed by atoms with Crippen LogP contribution in [0.2, 0.25) is 0 Å². The van der Waals surface area contributed by atoms with E-state index in [1.54, 1.807) is 12.1 Å². The van der Waals surface area contributed by atoms with Crippen LogP contribution in [0.3, 0.4) is 0 Å². The van der Waals surface area contributed by atoms with Crippen LogP contribution in [-0.4, -0.2) is 39.1 Å². The highest BCUT2D eigenvalue weighted by molar-refractivity contribution is 7.18. The van der Waals surface area contributed by atoms with Gasteiger partial charge in [0.25, 0.3) is 0 Å². The molecule has 12 heteroatoms. The van der Waals surface area contributed by atoms with Gasteiger partial charge in [-0.25, -0.2) is 4.98 Å². The molecule has 0 radical (unpaired) electrons. The van der Waals surface area contributed by atoms with Crippen molar-refractivity contribution in [2.45, 2.75) is 31.5 Å². The second-order valence-corrected chi connectivity index (χ2v) is 8.57. The van der Waals surface area contributed by atoms with Crippen molar-refractivity contribution in [2.75, 3.05) is 11.9 Å². The van der Waals surface area contributed by atoms with Gasteiger partial charge in [0.05, 0.1) is 33.7 Å². The third-order valence-corrected chi connectivity index (χ3v) is 6.36. The Labute approximate surface area is 189 Å². The molecule has 3 aromatic rings. The van der Waals surface area contributed by atoms with E-state index >= 15 is 0 Å². The fraction of sp³-hybridized carbons (Fsp3) is 0.286. The van der Waals surface area contributed by atoms with E-state index < -0.39 is 34.9 Å². The van der Waals surface area contributed by atoms with Crippen molar-refractivity contribution in [3.8, 4) is 0 Å². The van der Waals surface area contributed by atoms with Gasteiger partial charge in [0, 0.05) is 12.7 Å². The Morgan fingerprint density at radius 1 is 1.15 bits per heavy atom. The first kappa shape index (κ1) is 22.6. The van der Waals surface area contributed by atoms with Gasteiger partial charge in [-0.2, -0.15) is 13.2 Å². The molecule has 0 saturated carbocycles. The molecule has 0 unspecified atom stereocenters. The molecule has 4 rings (SSSR count). The van der Waals surface area contributed by atoms with Gasteiger partial charge < -0.3 is 16.0 Å². The molecule has 33 heavy (non-hydrogen) atoms. The number of nitrogens with two attached hydrogens (primary N) is 1. The van der Waals surface area contributed by atoms with Gasteiger partial charge in [-0.05, 0) is 43.0 Å². The van der Waals surface area contributed by atoms with Crippen LogP contribution in [-0.2, 0) is 15.8 Å². The number of anilines is 1. The lowest BCUT2D eigenvalue weighted by atomic mass is 9.95. The summed E-state index contributed by atoms with van der Waals surface area (Å²) in [6.07, 6.45) is 0.0168. The molecule has 1 fully saturated rings. The normalized spacial score (nSPS) is 16.6. The predicted molar refractivity (Wildman–Crippen MR) is 114 cm³/mol. The number of carbonyl (C=O) groups is 3. The lowest BCUT2D eigenvalue weighted by molar-refractivity contribution is -0.145. The fourth-order valence-corrected chi connectivity index (χ4v) is 4.57. The fourth-order valence-electron chi connectivity index (χ4n) is 3.75. The summed E-state index contributed by atoms with van der Waals surface area (Å²) in [6, 6.07) is 5.58. The number of amides is 3. The molecular formula is C21H18F3N5O3S. The minimum atomic E-state index is -4.53. The van der Waals surface area contributed by atoms with Crippen LogP contribution in [0.1, 0.15) is 46.2 Å². The number of aromatic nitrogens is 2. The Kier molecular flexibility index (Phi) is 6.02. The zero-order valence-electron chi connectivity index (χ0n) is 17.1. The van der Waals surface area contributed by atoms with Crippen molar-refractivity contribution >= 4 is 45.0 Å². The SMILES string of the molecule is NC(=O)c1cncc(NC(=O)C(=O)N2CCCC[C@H]2c2ccc3sc(C(F)(F)F)nc3c2)c1. The molecular weight excluding hydrogens is 459 g/mol. The topological polar surface area (TPSA) is 118 Å². The third-order valence-electron chi connectivity index (χ3n) is 5.28. The number of hydrogen-bond donors (Lipinski definition) is 2. The zero-order valence-corrected chi connectivity index (χ0v) is 17.9. The predicted octanol–water partition coefficient (Wildman–Crippen LogP) is 3.50. The Hall–Kier alpha value is -3.54. The molecule has 8 nitrogen and oxygen atoms in total. The molecule has 0 aliphatic carbocycles. The number of piperidine rings is 1. The van der Waals surface area contributed by atoms with E-state index in [1.807, 2.05) is 0 Å². The molecule has 3 heterocycles. The number of pyridine rings is 1. The molecule has 1 aromatic carbocycles. The molecule has 0 spiro atoms. The van der Waals surface area contributed by atoms with Gasteiger partial charge in [0.2, 0.25) is 5.91 Å². The Morgan fingerprint density at radius 2 is 1.94 bits per heavy atom. The Morgan fingerprint density at radius 3 is 2.67 bits per heavy atom. The van der Waals surface area contributed by atoms with Crippen molar-refractivity contribution in [1.29, 1.82) is 0 Å². The van der Waals surface area contributed by atoms with Gasteiger partial charge in [0.1, 0.15) is 0 Å². The third kappa shape index (κ3) is 4.80. The molecule has 2 aromatic heterocycles. The number of carbonyl (C=O) groups excluding carboxylic acids is 3. The maximum atomic E-state index is 13.0. The second kappa shape index (κ2) is 8.77. The highest BCUT2D eigenvalue weighted by Crippen LogP contribution is 2.38. The van der Waals surface area contributed by atoms with Gasteiger partial charge in [0.15, 0.2) is 5.01 Å². The average molecular weight is 477 g/mol. The molecule has 3 amide bonds. The Balaban J connectivity index is 1.56. The number of alkyl halides is 3. The van der Waals surface area contributed by atoms with Crippen LogP contribution in [0.5, 0.6) is 0 Å². The van der Waals surface area contributed by atoms with E-state index in [0.717, 1.165) is 6.42 Å².